The van der Waals surface area contributed by atoms with Crippen molar-refractivity contribution >= 4 is 0 Å². The summed E-state index contributed by atoms with van der Waals surface area (Å²) < 4.78 is 10.4. The van der Waals surface area contributed by atoms with E-state index in [1.807, 2.05) is 12.1 Å². The molecule has 0 unspecified atom stereocenters. The first-order valence-corrected chi connectivity index (χ1v) is 4.67. The second-order valence-corrected chi connectivity index (χ2v) is 3.28. The van der Waals surface area contributed by atoms with Gasteiger partial charge in [-0.1, -0.05) is 0 Å². The predicted octanol–water partition coefficient (Wildman–Crippen LogP) is 0.896. The van der Waals surface area contributed by atoms with Gasteiger partial charge < -0.3 is 19.6 Å². The van der Waals surface area contributed by atoms with Crippen LogP contribution >= 0.6 is 0 Å². The van der Waals surface area contributed by atoms with E-state index in [0.717, 1.165) is 11.5 Å². The molecule has 0 saturated heterocycles. The minimum atomic E-state index is -0.330. The molecule has 1 atom stereocenters. The average molecular weight is 199 g/mol. The highest BCUT2D eigenvalue weighted by Crippen LogP contribution is 2.08. The van der Waals surface area contributed by atoms with Crippen molar-refractivity contribution in [2.75, 3.05) is 13.7 Å². The smallest absolute Gasteiger partial charge is 0.129 e. The molecule has 1 aromatic rings. The molecular formula is C10H17NO3. The zero-order valence-electron chi connectivity index (χ0n) is 8.62. The first kappa shape index (κ1) is 11.2. The fourth-order valence-electron chi connectivity index (χ4n) is 1.14. The number of aliphatic hydroxyl groups excluding tert-OH is 1. The monoisotopic (exact) mass is 199 g/mol. The first-order valence-electron chi connectivity index (χ1n) is 4.67. The molecular weight excluding hydrogens is 182 g/mol. The fourth-order valence-corrected chi connectivity index (χ4v) is 1.14. The van der Waals surface area contributed by atoms with Gasteiger partial charge >= 0.3 is 0 Å². The van der Waals surface area contributed by atoms with Crippen molar-refractivity contribution in [3.8, 4) is 0 Å². The molecule has 1 aromatic heterocycles. The second kappa shape index (κ2) is 5.80. The SMILES string of the molecule is COCc1ccc(CNC[C@@H](C)O)o1. The van der Waals surface area contributed by atoms with Gasteiger partial charge in [0.15, 0.2) is 0 Å². The molecule has 0 aliphatic carbocycles. The van der Waals surface area contributed by atoms with Gasteiger partial charge in [-0.05, 0) is 19.1 Å². The highest BCUT2D eigenvalue weighted by Gasteiger charge is 2.01. The van der Waals surface area contributed by atoms with Gasteiger partial charge in [-0.3, -0.25) is 0 Å². The number of aliphatic hydroxyl groups is 1. The average Bonchev–Trinajstić information content (AvgIpc) is 2.53. The van der Waals surface area contributed by atoms with Crippen LogP contribution in [-0.4, -0.2) is 24.9 Å². The molecule has 0 fully saturated rings. The quantitative estimate of drug-likeness (QED) is 0.714. The highest BCUT2D eigenvalue weighted by molar-refractivity contribution is 5.06. The molecule has 2 N–H and O–H groups in total. The highest BCUT2D eigenvalue weighted by atomic mass is 16.5. The van der Waals surface area contributed by atoms with E-state index >= 15 is 0 Å². The lowest BCUT2D eigenvalue weighted by molar-refractivity contribution is 0.161. The normalized spacial score (nSPS) is 13.1. The summed E-state index contributed by atoms with van der Waals surface area (Å²) in [5.41, 5.74) is 0. The zero-order valence-corrected chi connectivity index (χ0v) is 8.62. The van der Waals surface area contributed by atoms with Crippen molar-refractivity contribution < 1.29 is 14.3 Å². The Morgan fingerprint density at radius 1 is 1.50 bits per heavy atom. The van der Waals surface area contributed by atoms with Crippen LogP contribution in [0.25, 0.3) is 0 Å². The maximum atomic E-state index is 9.01. The predicted molar refractivity (Wildman–Crippen MR) is 52.8 cm³/mol. The van der Waals surface area contributed by atoms with E-state index in [4.69, 9.17) is 14.3 Å². The van der Waals surface area contributed by atoms with Gasteiger partial charge in [0.2, 0.25) is 0 Å². The second-order valence-electron chi connectivity index (χ2n) is 3.28. The van der Waals surface area contributed by atoms with E-state index in [1.54, 1.807) is 14.0 Å². The Labute approximate surface area is 83.9 Å². The molecule has 0 aliphatic heterocycles. The Bertz CT molecular complexity index is 258. The third-order valence-corrected chi connectivity index (χ3v) is 1.74. The van der Waals surface area contributed by atoms with Crippen LogP contribution in [-0.2, 0) is 17.9 Å². The third-order valence-electron chi connectivity index (χ3n) is 1.74. The number of hydrogen-bond donors (Lipinski definition) is 2. The van der Waals surface area contributed by atoms with E-state index in [1.165, 1.54) is 0 Å². The number of furan rings is 1. The summed E-state index contributed by atoms with van der Waals surface area (Å²) in [6.07, 6.45) is -0.330. The molecule has 0 radical (unpaired) electrons. The van der Waals surface area contributed by atoms with E-state index in [0.29, 0.717) is 19.7 Å². The van der Waals surface area contributed by atoms with Crippen LogP contribution in [0, 0.1) is 0 Å². The van der Waals surface area contributed by atoms with Crippen molar-refractivity contribution in [1.82, 2.24) is 5.32 Å². The zero-order chi connectivity index (χ0) is 10.4. The van der Waals surface area contributed by atoms with Crippen LogP contribution < -0.4 is 5.32 Å². The molecule has 0 amide bonds. The van der Waals surface area contributed by atoms with Gasteiger partial charge in [-0.25, -0.2) is 0 Å². The minimum Gasteiger partial charge on any atom is -0.462 e. The summed E-state index contributed by atoms with van der Waals surface area (Å²) in [6, 6.07) is 3.80. The third kappa shape index (κ3) is 3.91. The Hall–Kier alpha value is -0.840. The van der Waals surface area contributed by atoms with E-state index in [9.17, 15) is 0 Å². The summed E-state index contributed by atoms with van der Waals surface area (Å²) in [6.45, 7) is 3.44. The molecule has 1 rings (SSSR count). The molecule has 0 saturated carbocycles. The molecule has 4 heteroatoms. The molecule has 0 aromatic carbocycles. The van der Waals surface area contributed by atoms with Crippen LogP contribution in [0.5, 0.6) is 0 Å². The van der Waals surface area contributed by atoms with Gasteiger partial charge in [0, 0.05) is 13.7 Å². The Balaban J connectivity index is 2.28. The fraction of sp³-hybridized carbons (Fsp3) is 0.600. The summed E-state index contributed by atoms with van der Waals surface area (Å²) >= 11 is 0. The lowest BCUT2D eigenvalue weighted by Crippen LogP contribution is -2.23. The number of rotatable bonds is 6. The Morgan fingerprint density at radius 2 is 2.21 bits per heavy atom. The molecule has 1 heterocycles. The first-order chi connectivity index (χ1) is 6.72. The van der Waals surface area contributed by atoms with Crippen LogP contribution in [0.4, 0.5) is 0 Å². The Kier molecular flexibility index (Phi) is 4.65. The molecule has 0 bridgehead atoms. The van der Waals surface area contributed by atoms with Crippen LogP contribution in [0.3, 0.4) is 0 Å². The van der Waals surface area contributed by atoms with E-state index in [2.05, 4.69) is 5.32 Å². The number of nitrogens with one attached hydrogen (secondary N) is 1. The van der Waals surface area contributed by atoms with E-state index in [-0.39, 0.29) is 6.10 Å². The van der Waals surface area contributed by atoms with Gasteiger partial charge in [0.1, 0.15) is 18.1 Å². The molecule has 0 spiro atoms. The molecule has 80 valence electrons. The van der Waals surface area contributed by atoms with Crippen molar-refractivity contribution in [1.29, 1.82) is 0 Å². The van der Waals surface area contributed by atoms with Gasteiger partial charge in [0.25, 0.3) is 0 Å². The maximum Gasteiger partial charge on any atom is 0.129 e. The topological polar surface area (TPSA) is 54.6 Å². The standard InChI is InChI=1S/C10H17NO3/c1-8(12)5-11-6-9-3-4-10(14-9)7-13-2/h3-4,8,11-12H,5-7H2,1-2H3/t8-/m1/s1. The minimum absolute atomic E-state index is 0.330. The Morgan fingerprint density at radius 3 is 2.86 bits per heavy atom. The lowest BCUT2D eigenvalue weighted by atomic mass is 10.4. The summed E-state index contributed by atoms with van der Waals surface area (Å²) in [4.78, 5) is 0. The summed E-state index contributed by atoms with van der Waals surface area (Å²) in [7, 11) is 1.63. The number of hydrogen-bond acceptors (Lipinski definition) is 4. The summed E-state index contributed by atoms with van der Waals surface area (Å²) in [5.74, 6) is 1.68. The van der Waals surface area contributed by atoms with Crippen LogP contribution in [0.15, 0.2) is 16.5 Å². The van der Waals surface area contributed by atoms with Crippen molar-refractivity contribution in [3.05, 3.63) is 23.7 Å². The number of methoxy groups -OCH3 is 1. The largest absolute Gasteiger partial charge is 0.462 e. The van der Waals surface area contributed by atoms with Crippen LogP contribution in [0.1, 0.15) is 18.4 Å². The molecule has 4 nitrogen and oxygen atoms in total. The number of ether oxygens (including phenoxy) is 1. The molecule has 14 heavy (non-hydrogen) atoms. The maximum absolute atomic E-state index is 9.01. The van der Waals surface area contributed by atoms with Gasteiger partial charge in [-0.15, -0.1) is 0 Å². The van der Waals surface area contributed by atoms with Gasteiger partial charge in [-0.2, -0.15) is 0 Å². The van der Waals surface area contributed by atoms with Crippen molar-refractivity contribution in [2.45, 2.75) is 26.2 Å². The van der Waals surface area contributed by atoms with Crippen molar-refractivity contribution in [3.63, 3.8) is 0 Å². The summed E-state index contributed by atoms with van der Waals surface area (Å²) in [5, 5.41) is 12.1. The van der Waals surface area contributed by atoms with Crippen LogP contribution in [0.2, 0.25) is 0 Å². The van der Waals surface area contributed by atoms with Gasteiger partial charge in [0.05, 0.1) is 12.6 Å². The van der Waals surface area contributed by atoms with Crippen molar-refractivity contribution in [2.24, 2.45) is 0 Å². The van der Waals surface area contributed by atoms with E-state index < -0.39 is 0 Å². The molecule has 0 aliphatic rings. The lowest BCUT2D eigenvalue weighted by Gasteiger charge is -2.04.